The SMILES string of the molecule is CC1(C)c2ccccc2N(c2c(N(c3ccccc3)c3ccc(-c4ccccc4)cc3)ccc3ccccc23)c2cc(-c3cccc4c3oc3ccccc34)ccc21. The van der Waals surface area contributed by atoms with Crippen LogP contribution < -0.4 is 9.80 Å². The van der Waals surface area contributed by atoms with Crippen LogP contribution in [0.1, 0.15) is 25.0 Å². The molecule has 276 valence electrons. The molecule has 3 heteroatoms. The highest BCUT2D eigenvalue weighted by molar-refractivity contribution is 6.11. The second-order valence-corrected chi connectivity index (χ2v) is 15.7. The van der Waals surface area contributed by atoms with Gasteiger partial charge in [0.1, 0.15) is 11.2 Å². The number of fused-ring (bicyclic) bond motifs is 6. The van der Waals surface area contributed by atoms with Gasteiger partial charge >= 0.3 is 0 Å². The lowest BCUT2D eigenvalue weighted by molar-refractivity contribution is 0.632. The summed E-state index contributed by atoms with van der Waals surface area (Å²) >= 11 is 0. The van der Waals surface area contributed by atoms with E-state index >= 15 is 0 Å². The van der Waals surface area contributed by atoms with Crippen molar-refractivity contribution in [3.8, 4) is 22.3 Å². The minimum absolute atomic E-state index is 0.260. The van der Waals surface area contributed by atoms with E-state index in [0.29, 0.717) is 0 Å². The van der Waals surface area contributed by atoms with Gasteiger partial charge in [-0.3, -0.25) is 0 Å². The quantitative estimate of drug-likeness (QED) is 0.169. The molecule has 0 unspecified atom stereocenters. The normalized spacial score (nSPS) is 13.1. The molecule has 0 bridgehead atoms. The van der Waals surface area contributed by atoms with Gasteiger partial charge in [-0.05, 0) is 81.7 Å². The molecule has 2 heterocycles. The average molecular weight is 745 g/mol. The van der Waals surface area contributed by atoms with Gasteiger partial charge in [0.25, 0.3) is 0 Å². The van der Waals surface area contributed by atoms with E-state index in [2.05, 4.69) is 224 Å². The van der Waals surface area contributed by atoms with E-state index in [-0.39, 0.29) is 5.41 Å². The van der Waals surface area contributed by atoms with Crippen molar-refractivity contribution in [2.24, 2.45) is 0 Å². The number of anilines is 6. The van der Waals surface area contributed by atoms with Gasteiger partial charge in [0.15, 0.2) is 0 Å². The van der Waals surface area contributed by atoms with E-state index < -0.39 is 0 Å². The lowest BCUT2D eigenvalue weighted by atomic mass is 9.73. The number of nitrogens with zero attached hydrogens (tertiary/aromatic N) is 2. The Labute approximate surface area is 338 Å². The molecule has 58 heavy (non-hydrogen) atoms. The molecular formula is C55H40N2O. The van der Waals surface area contributed by atoms with E-state index in [1.165, 1.54) is 38.7 Å². The van der Waals surface area contributed by atoms with Gasteiger partial charge < -0.3 is 14.2 Å². The zero-order valence-electron chi connectivity index (χ0n) is 32.4. The predicted octanol–water partition coefficient (Wildman–Crippen LogP) is 15.7. The molecule has 0 atom stereocenters. The first-order valence-electron chi connectivity index (χ1n) is 20.0. The molecule has 1 aromatic heterocycles. The summed E-state index contributed by atoms with van der Waals surface area (Å²) in [6.45, 7) is 4.71. The van der Waals surface area contributed by atoms with Crippen LogP contribution in [0.3, 0.4) is 0 Å². The first-order chi connectivity index (χ1) is 28.5. The zero-order valence-corrected chi connectivity index (χ0v) is 32.4. The van der Waals surface area contributed by atoms with Crippen molar-refractivity contribution in [3.05, 3.63) is 217 Å². The summed E-state index contributed by atoms with van der Waals surface area (Å²) in [5.41, 5.74) is 15.4. The number of benzene rings is 9. The van der Waals surface area contributed by atoms with Crippen molar-refractivity contribution < 1.29 is 4.42 Å². The number of hydrogen-bond acceptors (Lipinski definition) is 3. The van der Waals surface area contributed by atoms with Gasteiger partial charge in [-0.25, -0.2) is 0 Å². The highest BCUT2D eigenvalue weighted by Gasteiger charge is 2.39. The van der Waals surface area contributed by atoms with Crippen LogP contribution in [0.4, 0.5) is 34.1 Å². The molecule has 0 N–H and O–H groups in total. The lowest BCUT2D eigenvalue weighted by Gasteiger charge is -2.44. The van der Waals surface area contributed by atoms with Gasteiger partial charge in [-0.15, -0.1) is 0 Å². The van der Waals surface area contributed by atoms with Crippen molar-refractivity contribution >= 4 is 66.8 Å². The summed E-state index contributed by atoms with van der Waals surface area (Å²) in [7, 11) is 0. The summed E-state index contributed by atoms with van der Waals surface area (Å²) in [5, 5.41) is 4.61. The molecular weight excluding hydrogens is 705 g/mol. The molecule has 0 radical (unpaired) electrons. The van der Waals surface area contributed by atoms with Gasteiger partial charge in [-0.1, -0.05) is 172 Å². The Morgan fingerprint density at radius 1 is 0.448 bits per heavy atom. The maximum Gasteiger partial charge on any atom is 0.143 e. The van der Waals surface area contributed by atoms with E-state index in [0.717, 1.165) is 61.5 Å². The third-order valence-electron chi connectivity index (χ3n) is 12.0. The Morgan fingerprint density at radius 3 is 1.90 bits per heavy atom. The van der Waals surface area contributed by atoms with Gasteiger partial charge in [-0.2, -0.15) is 0 Å². The summed E-state index contributed by atoms with van der Waals surface area (Å²) in [4.78, 5) is 4.95. The van der Waals surface area contributed by atoms with Crippen LogP contribution >= 0.6 is 0 Å². The van der Waals surface area contributed by atoms with Gasteiger partial charge in [0, 0.05) is 38.5 Å². The highest BCUT2D eigenvalue weighted by Crippen LogP contribution is 2.57. The third-order valence-corrected chi connectivity index (χ3v) is 12.0. The molecule has 0 amide bonds. The fourth-order valence-electron chi connectivity index (χ4n) is 9.20. The summed E-state index contributed by atoms with van der Waals surface area (Å²) in [6, 6.07) is 74.5. The number of para-hydroxylation sites is 4. The van der Waals surface area contributed by atoms with Crippen LogP contribution in [-0.2, 0) is 5.41 Å². The first kappa shape index (κ1) is 33.9. The zero-order chi connectivity index (χ0) is 38.8. The average Bonchev–Trinajstić information content (AvgIpc) is 3.67. The minimum Gasteiger partial charge on any atom is -0.455 e. The van der Waals surface area contributed by atoms with Gasteiger partial charge in [0.05, 0.1) is 22.7 Å². The Morgan fingerprint density at radius 2 is 1.07 bits per heavy atom. The molecule has 10 aromatic rings. The summed E-state index contributed by atoms with van der Waals surface area (Å²) < 4.78 is 6.61. The molecule has 11 rings (SSSR count). The molecule has 9 aromatic carbocycles. The molecule has 1 aliphatic rings. The minimum atomic E-state index is -0.260. The molecule has 1 aliphatic heterocycles. The summed E-state index contributed by atoms with van der Waals surface area (Å²) in [5.74, 6) is 0. The topological polar surface area (TPSA) is 19.6 Å². The molecule has 0 fully saturated rings. The second-order valence-electron chi connectivity index (χ2n) is 15.7. The molecule has 0 spiro atoms. The molecule has 0 aliphatic carbocycles. The van der Waals surface area contributed by atoms with Crippen molar-refractivity contribution in [1.29, 1.82) is 0 Å². The van der Waals surface area contributed by atoms with Crippen LogP contribution in [0.25, 0.3) is 55.0 Å². The second kappa shape index (κ2) is 13.4. The van der Waals surface area contributed by atoms with Crippen molar-refractivity contribution in [1.82, 2.24) is 0 Å². The maximum atomic E-state index is 6.61. The smallest absolute Gasteiger partial charge is 0.143 e. The number of rotatable bonds is 6. The van der Waals surface area contributed by atoms with Crippen molar-refractivity contribution in [3.63, 3.8) is 0 Å². The number of furan rings is 1. The van der Waals surface area contributed by atoms with Crippen LogP contribution in [0, 0.1) is 0 Å². The monoisotopic (exact) mass is 744 g/mol. The first-order valence-corrected chi connectivity index (χ1v) is 20.0. The van der Waals surface area contributed by atoms with E-state index in [1.54, 1.807) is 0 Å². The predicted molar refractivity (Wildman–Crippen MR) is 244 cm³/mol. The standard InChI is InChI=1S/C55H40N2O/c1-55(2)47-25-12-13-26-49(47)57(51-36-40(30-34-48(51)55)44-23-15-24-46-45-22-11-14-27-52(45)58-54(44)46)53-43-21-10-9-18-39(43)31-35-50(53)56(41-19-7-4-8-20-41)42-32-28-38(29-33-42)37-16-5-3-6-17-37/h3-36H,1-2H3. The fraction of sp³-hybridized carbons (Fsp3) is 0.0545. The molecule has 0 saturated heterocycles. The van der Waals surface area contributed by atoms with Crippen LogP contribution in [-0.4, -0.2) is 0 Å². The van der Waals surface area contributed by atoms with E-state index in [4.69, 9.17) is 4.42 Å². The maximum absolute atomic E-state index is 6.61. The van der Waals surface area contributed by atoms with Crippen LogP contribution in [0.2, 0.25) is 0 Å². The van der Waals surface area contributed by atoms with Crippen LogP contribution in [0.15, 0.2) is 211 Å². The van der Waals surface area contributed by atoms with Crippen molar-refractivity contribution in [2.75, 3.05) is 9.80 Å². The molecule has 0 saturated carbocycles. The van der Waals surface area contributed by atoms with Crippen molar-refractivity contribution in [2.45, 2.75) is 19.3 Å². The lowest BCUT2D eigenvalue weighted by Crippen LogP contribution is -2.31. The number of hydrogen-bond donors (Lipinski definition) is 0. The Bertz CT molecular complexity index is 3140. The Hall–Kier alpha value is -7.36. The largest absolute Gasteiger partial charge is 0.455 e. The fourth-order valence-corrected chi connectivity index (χ4v) is 9.20. The third kappa shape index (κ3) is 5.35. The van der Waals surface area contributed by atoms with Gasteiger partial charge in [0.2, 0.25) is 0 Å². The van der Waals surface area contributed by atoms with E-state index in [9.17, 15) is 0 Å². The Balaban J connectivity index is 1.19. The highest BCUT2D eigenvalue weighted by atomic mass is 16.3. The molecule has 3 nitrogen and oxygen atoms in total. The van der Waals surface area contributed by atoms with E-state index in [1.807, 2.05) is 6.07 Å². The summed E-state index contributed by atoms with van der Waals surface area (Å²) in [6.07, 6.45) is 0. The Kier molecular flexibility index (Phi) is 7.84. The van der Waals surface area contributed by atoms with Crippen LogP contribution in [0.5, 0.6) is 0 Å².